The van der Waals surface area contributed by atoms with Crippen LogP contribution in [0.2, 0.25) is 0 Å². The van der Waals surface area contributed by atoms with E-state index in [4.69, 9.17) is 9.47 Å². The molecule has 156 valence electrons. The van der Waals surface area contributed by atoms with Crippen molar-refractivity contribution in [1.29, 1.82) is 0 Å². The summed E-state index contributed by atoms with van der Waals surface area (Å²) in [7, 11) is 4.88. The predicted octanol–water partition coefficient (Wildman–Crippen LogP) is 3.84. The highest BCUT2D eigenvalue weighted by Gasteiger charge is 2.18. The summed E-state index contributed by atoms with van der Waals surface area (Å²) in [6, 6.07) is 16.3. The number of hydrogen-bond donors (Lipinski definition) is 1. The molecule has 0 atom stereocenters. The quantitative estimate of drug-likeness (QED) is 0.449. The van der Waals surface area contributed by atoms with Gasteiger partial charge in [0.25, 0.3) is 5.69 Å². The highest BCUT2D eigenvalue weighted by atomic mass is 16.6. The third-order valence-electron chi connectivity index (χ3n) is 4.65. The van der Waals surface area contributed by atoms with Gasteiger partial charge in [0.15, 0.2) is 0 Å². The standard InChI is InChI=1S/C22H23N3O5/c1-24(13-15-4-5-17-11-18(29-2)7-6-16(17)10-15)14-22(26)23-20-9-8-19(30-3)12-21(20)25(27)28/h4-12H,13-14H2,1-3H3,(H,23,26). The van der Waals surface area contributed by atoms with Crippen molar-refractivity contribution in [3.05, 3.63) is 70.3 Å². The van der Waals surface area contributed by atoms with Gasteiger partial charge in [-0.05, 0) is 53.7 Å². The van der Waals surface area contributed by atoms with Gasteiger partial charge in [0.1, 0.15) is 17.2 Å². The SMILES string of the molecule is COc1ccc(NC(=O)CN(C)Cc2ccc3cc(OC)ccc3c2)c([N+](=O)[O-])c1. The minimum Gasteiger partial charge on any atom is -0.497 e. The average molecular weight is 409 g/mol. The zero-order valence-corrected chi connectivity index (χ0v) is 17.0. The maximum Gasteiger partial charge on any atom is 0.296 e. The van der Waals surface area contributed by atoms with Crippen molar-refractivity contribution in [3.63, 3.8) is 0 Å². The number of methoxy groups -OCH3 is 2. The fraction of sp³-hybridized carbons (Fsp3) is 0.227. The van der Waals surface area contributed by atoms with Crippen LogP contribution in [0.25, 0.3) is 10.8 Å². The molecule has 3 rings (SSSR count). The van der Waals surface area contributed by atoms with E-state index in [1.807, 2.05) is 42.3 Å². The van der Waals surface area contributed by atoms with Crippen molar-refractivity contribution in [3.8, 4) is 11.5 Å². The second-order valence-electron chi connectivity index (χ2n) is 6.91. The highest BCUT2D eigenvalue weighted by molar-refractivity contribution is 5.94. The summed E-state index contributed by atoms with van der Waals surface area (Å²) in [5.74, 6) is 0.818. The van der Waals surface area contributed by atoms with Crippen LogP contribution in [0.15, 0.2) is 54.6 Å². The third kappa shape index (κ3) is 5.03. The van der Waals surface area contributed by atoms with E-state index in [-0.39, 0.29) is 23.8 Å². The molecule has 8 heteroatoms. The average Bonchev–Trinajstić information content (AvgIpc) is 2.73. The largest absolute Gasteiger partial charge is 0.497 e. The number of fused-ring (bicyclic) bond motifs is 1. The van der Waals surface area contributed by atoms with E-state index < -0.39 is 4.92 Å². The van der Waals surface area contributed by atoms with Gasteiger partial charge in [-0.3, -0.25) is 19.8 Å². The van der Waals surface area contributed by atoms with Crippen molar-refractivity contribution in [2.45, 2.75) is 6.54 Å². The second-order valence-corrected chi connectivity index (χ2v) is 6.91. The summed E-state index contributed by atoms with van der Waals surface area (Å²) in [5, 5.41) is 16.0. The van der Waals surface area contributed by atoms with E-state index in [0.717, 1.165) is 22.1 Å². The fourth-order valence-corrected chi connectivity index (χ4v) is 3.20. The van der Waals surface area contributed by atoms with E-state index in [2.05, 4.69) is 11.4 Å². The summed E-state index contributed by atoms with van der Waals surface area (Å²) < 4.78 is 10.3. The topological polar surface area (TPSA) is 93.9 Å². The molecule has 0 spiro atoms. The van der Waals surface area contributed by atoms with Crippen LogP contribution in [-0.4, -0.2) is 43.5 Å². The minimum absolute atomic E-state index is 0.0871. The number of nitro groups is 1. The first-order valence-corrected chi connectivity index (χ1v) is 9.27. The first-order chi connectivity index (χ1) is 14.4. The smallest absolute Gasteiger partial charge is 0.296 e. The Balaban J connectivity index is 1.65. The third-order valence-corrected chi connectivity index (χ3v) is 4.65. The summed E-state index contributed by atoms with van der Waals surface area (Å²) in [5.41, 5.74) is 0.979. The first kappa shape index (κ1) is 21.1. The molecule has 3 aromatic rings. The molecular formula is C22H23N3O5. The lowest BCUT2D eigenvalue weighted by atomic mass is 10.1. The molecule has 0 aliphatic heterocycles. The molecule has 0 saturated heterocycles. The molecule has 0 aromatic heterocycles. The molecule has 0 aliphatic carbocycles. The van der Waals surface area contributed by atoms with E-state index in [1.165, 1.54) is 19.2 Å². The lowest BCUT2D eigenvalue weighted by molar-refractivity contribution is -0.384. The predicted molar refractivity (Wildman–Crippen MR) is 115 cm³/mol. The van der Waals surface area contributed by atoms with E-state index in [1.54, 1.807) is 13.2 Å². The van der Waals surface area contributed by atoms with Gasteiger partial charge in [0.2, 0.25) is 5.91 Å². The molecule has 0 unspecified atom stereocenters. The maximum absolute atomic E-state index is 12.4. The second kappa shape index (κ2) is 9.23. The molecule has 1 amide bonds. The van der Waals surface area contributed by atoms with E-state index in [0.29, 0.717) is 12.3 Å². The molecule has 0 fully saturated rings. The number of benzene rings is 3. The molecule has 30 heavy (non-hydrogen) atoms. The molecule has 0 saturated carbocycles. The molecule has 0 bridgehead atoms. The van der Waals surface area contributed by atoms with Crippen LogP contribution in [0, 0.1) is 10.1 Å². The van der Waals surface area contributed by atoms with Crippen LogP contribution >= 0.6 is 0 Å². The van der Waals surface area contributed by atoms with Gasteiger partial charge in [-0.25, -0.2) is 0 Å². The van der Waals surface area contributed by atoms with Crippen molar-refractivity contribution < 1.29 is 19.2 Å². The van der Waals surface area contributed by atoms with Gasteiger partial charge in [-0.2, -0.15) is 0 Å². The fourth-order valence-electron chi connectivity index (χ4n) is 3.20. The number of nitrogens with one attached hydrogen (secondary N) is 1. The zero-order chi connectivity index (χ0) is 21.7. The van der Waals surface area contributed by atoms with Gasteiger partial charge in [0, 0.05) is 6.54 Å². The monoisotopic (exact) mass is 409 g/mol. The van der Waals surface area contributed by atoms with Gasteiger partial charge in [0.05, 0.1) is 31.8 Å². The summed E-state index contributed by atoms with van der Waals surface area (Å²) in [6.07, 6.45) is 0. The number of hydrogen-bond acceptors (Lipinski definition) is 6. The van der Waals surface area contributed by atoms with Crippen LogP contribution in [0.1, 0.15) is 5.56 Å². The number of ether oxygens (including phenoxy) is 2. The maximum atomic E-state index is 12.4. The normalized spacial score (nSPS) is 10.8. The number of nitrogens with zero attached hydrogens (tertiary/aromatic N) is 2. The Labute approximate surface area is 174 Å². The zero-order valence-electron chi connectivity index (χ0n) is 17.0. The van der Waals surface area contributed by atoms with Crippen molar-refractivity contribution in [2.75, 3.05) is 33.1 Å². The number of likely N-dealkylation sites (N-methyl/N-ethyl adjacent to an activating group) is 1. The molecule has 0 aliphatic rings. The lowest BCUT2D eigenvalue weighted by Gasteiger charge is -2.17. The van der Waals surface area contributed by atoms with Gasteiger partial charge >= 0.3 is 0 Å². The number of amides is 1. The molecule has 8 nitrogen and oxygen atoms in total. The highest BCUT2D eigenvalue weighted by Crippen LogP contribution is 2.29. The summed E-state index contributed by atoms with van der Waals surface area (Å²) >= 11 is 0. The number of nitro benzene ring substituents is 1. The van der Waals surface area contributed by atoms with Crippen LogP contribution < -0.4 is 14.8 Å². The number of carbonyl (C=O) groups excluding carboxylic acids is 1. The molecule has 3 aromatic carbocycles. The van der Waals surface area contributed by atoms with E-state index >= 15 is 0 Å². The van der Waals surface area contributed by atoms with Crippen LogP contribution in [-0.2, 0) is 11.3 Å². The van der Waals surface area contributed by atoms with Crippen molar-refractivity contribution in [1.82, 2.24) is 4.90 Å². The van der Waals surface area contributed by atoms with Gasteiger partial charge < -0.3 is 14.8 Å². The minimum atomic E-state index is -0.550. The molecular weight excluding hydrogens is 386 g/mol. The summed E-state index contributed by atoms with van der Waals surface area (Å²) in [4.78, 5) is 25.0. The Morgan fingerprint density at radius 1 is 1.00 bits per heavy atom. The first-order valence-electron chi connectivity index (χ1n) is 9.27. The Kier molecular flexibility index (Phi) is 6.48. The van der Waals surface area contributed by atoms with Crippen LogP contribution in [0.5, 0.6) is 11.5 Å². The van der Waals surface area contributed by atoms with Crippen LogP contribution in [0.4, 0.5) is 11.4 Å². The van der Waals surface area contributed by atoms with Crippen LogP contribution in [0.3, 0.4) is 0 Å². The lowest BCUT2D eigenvalue weighted by Crippen LogP contribution is -2.30. The Hall–Kier alpha value is -3.65. The van der Waals surface area contributed by atoms with Crippen molar-refractivity contribution in [2.24, 2.45) is 0 Å². The molecule has 1 N–H and O–H groups in total. The molecule has 0 heterocycles. The Morgan fingerprint density at radius 2 is 1.63 bits per heavy atom. The van der Waals surface area contributed by atoms with E-state index in [9.17, 15) is 14.9 Å². The summed E-state index contributed by atoms with van der Waals surface area (Å²) in [6.45, 7) is 0.643. The van der Waals surface area contributed by atoms with Crippen molar-refractivity contribution >= 4 is 28.1 Å². The van der Waals surface area contributed by atoms with Gasteiger partial charge in [-0.1, -0.05) is 18.2 Å². The molecule has 0 radical (unpaired) electrons. The Bertz CT molecular complexity index is 1080. The Morgan fingerprint density at radius 3 is 2.33 bits per heavy atom. The van der Waals surface area contributed by atoms with Gasteiger partial charge in [-0.15, -0.1) is 0 Å². The number of carbonyl (C=O) groups is 1. The number of rotatable bonds is 8. The number of anilines is 1.